The maximum atomic E-state index is 14.0. The first-order valence-corrected chi connectivity index (χ1v) is 9.72. The molecule has 1 aliphatic heterocycles. The Balaban J connectivity index is 1.50. The summed E-state index contributed by atoms with van der Waals surface area (Å²) >= 11 is 0. The summed E-state index contributed by atoms with van der Waals surface area (Å²) in [7, 11) is 1.41. The Hall–Kier alpha value is -3.68. The molecule has 152 valence electrons. The summed E-state index contributed by atoms with van der Waals surface area (Å²) < 4.78 is 21.8. The van der Waals surface area contributed by atoms with Crippen LogP contribution in [0.5, 0.6) is 5.75 Å². The second-order valence-electron chi connectivity index (χ2n) is 7.29. The van der Waals surface area contributed by atoms with Crippen LogP contribution in [0.3, 0.4) is 0 Å². The molecule has 0 amide bonds. The van der Waals surface area contributed by atoms with E-state index in [1.54, 1.807) is 24.5 Å². The van der Waals surface area contributed by atoms with Crippen LogP contribution in [0.15, 0.2) is 59.7 Å². The van der Waals surface area contributed by atoms with Crippen LogP contribution in [0.1, 0.15) is 16.7 Å². The van der Waals surface area contributed by atoms with Crippen LogP contribution < -0.4 is 15.3 Å². The van der Waals surface area contributed by atoms with Gasteiger partial charge in [0.25, 0.3) is 0 Å². The lowest BCUT2D eigenvalue weighted by Gasteiger charge is -2.29. The number of benzene rings is 2. The Bertz CT molecular complexity index is 1300. The first kappa shape index (κ1) is 18.4. The summed E-state index contributed by atoms with van der Waals surface area (Å²) in [5.41, 5.74) is 3.42. The van der Waals surface area contributed by atoms with Gasteiger partial charge in [0.15, 0.2) is 17.4 Å². The lowest BCUT2D eigenvalue weighted by atomic mass is 10.00. The fourth-order valence-corrected chi connectivity index (χ4v) is 3.92. The zero-order valence-electron chi connectivity index (χ0n) is 16.5. The molecule has 0 spiro atoms. The van der Waals surface area contributed by atoms with Gasteiger partial charge < -0.3 is 9.64 Å². The van der Waals surface area contributed by atoms with Gasteiger partial charge in [-0.05, 0) is 35.2 Å². The highest BCUT2D eigenvalue weighted by molar-refractivity contribution is 5.64. The van der Waals surface area contributed by atoms with Crippen LogP contribution in [-0.4, -0.2) is 32.8 Å². The SMILES string of the molecule is COc1ccc(Cn2nc3c(N4CCc5ccccc5C4)nccn3c2=O)cc1F. The van der Waals surface area contributed by atoms with Gasteiger partial charge in [0.1, 0.15) is 0 Å². The minimum Gasteiger partial charge on any atom is -0.494 e. The molecule has 5 rings (SSSR count). The first-order valence-electron chi connectivity index (χ1n) is 9.72. The van der Waals surface area contributed by atoms with Crippen LogP contribution in [0.2, 0.25) is 0 Å². The number of anilines is 1. The second kappa shape index (κ2) is 7.29. The highest BCUT2D eigenvalue weighted by Crippen LogP contribution is 2.25. The first-order chi connectivity index (χ1) is 14.6. The summed E-state index contributed by atoms with van der Waals surface area (Å²) in [6.45, 7) is 1.67. The molecule has 4 aromatic rings. The number of nitrogens with zero attached hydrogens (tertiary/aromatic N) is 5. The standard InChI is InChI=1S/C22H20FN5O2/c1-30-19-7-6-15(12-18(19)23)13-28-22(29)27-11-9-24-20(21(27)25-28)26-10-8-16-4-2-3-5-17(16)14-26/h2-7,9,11-12H,8,10,13-14H2,1H3. The van der Waals surface area contributed by atoms with Gasteiger partial charge in [-0.1, -0.05) is 30.3 Å². The molecule has 7 nitrogen and oxygen atoms in total. The number of methoxy groups -OCH3 is 1. The number of halogens is 1. The smallest absolute Gasteiger partial charge is 0.350 e. The van der Waals surface area contributed by atoms with Crippen molar-refractivity contribution >= 4 is 11.5 Å². The zero-order valence-corrected chi connectivity index (χ0v) is 16.5. The van der Waals surface area contributed by atoms with Gasteiger partial charge in [-0.25, -0.2) is 23.3 Å². The topological polar surface area (TPSA) is 64.7 Å². The van der Waals surface area contributed by atoms with Crippen molar-refractivity contribution in [2.75, 3.05) is 18.6 Å². The second-order valence-corrected chi connectivity index (χ2v) is 7.29. The Kier molecular flexibility index (Phi) is 4.46. The molecule has 30 heavy (non-hydrogen) atoms. The van der Waals surface area contributed by atoms with E-state index >= 15 is 0 Å². The third-order valence-electron chi connectivity index (χ3n) is 5.46. The molecule has 0 radical (unpaired) electrons. The van der Waals surface area contributed by atoms with E-state index in [0.29, 0.717) is 23.6 Å². The van der Waals surface area contributed by atoms with E-state index in [4.69, 9.17) is 4.74 Å². The largest absolute Gasteiger partial charge is 0.494 e. The number of hydrogen-bond donors (Lipinski definition) is 0. The molecular formula is C22H20FN5O2. The normalized spacial score (nSPS) is 13.5. The fourth-order valence-electron chi connectivity index (χ4n) is 3.92. The van der Waals surface area contributed by atoms with Gasteiger partial charge in [-0.15, -0.1) is 5.10 Å². The number of aromatic nitrogens is 4. The van der Waals surface area contributed by atoms with Crippen molar-refractivity contribution in [3.63, 3.8) is 0 Å². The molecule has 0 bridgehead atoms. The summed E-state index contributed by atoms with van der Waals surface area (Å²) in [6, 6.07) is 13.0. The summed E-state index contributed by atoms with van der Waals surface area (Å²) in [4.78, 5) is 19.5. The predicted octanol–water partition coefficient (Wildman–Crippen LogP) is 2.65. The lowest BCUT2D eigenvalue weighted by Crippen LogP contribution is -2.31. The molecule has 0 atom stereocenters. The van der Waals surface area contributed by atoms with Gasteiger partial charge in [-0.2, -0.15) is 0 Å². The highest BCUT2D eigenvalue weighted by atomic mass is 19.1. The van der Waals surface area contributed by atoms with Crippen LogP contribution >= 0.6 is 0 Å². The summed E-state index contributed by atoms with van der Waals surface area (Å²) in [6.07, 6.45) is 4.13. The number of hydrogen-bond acceptors (Lipinski definition) is 5. The van der Waals surface area contributed by atoms with E-state index < -0.39 is 5.82 Å². The molecule has 0 N–H and O–H groups in total. The van der Waals surface area contributed by atoms with E-state index in [9.17, 15) is 9.18 Å². The molecule has 0 fully saturated rings. The van der Waals surface area contributed by atoms with Crippen LogP contribution in [-0.2, 0) is 19.5 Å². The van der Waals surface area contributed by atoms with Crippen molar-refractivity contribution in [3.8, 4) is 5.75 Å². The summed E-state index contributed by atoms with van der Waals surface area (Å²) in [5, 5.41) is 4.52. The number of ether oxygens (including phenoxy) is 1. The molecule has 0 saturated carbocycles. The lowest BCUT2D eigenvalue weighted by molar-refractivity contribution is 0.386. The maximum absolute atomic E-state index is 14.0. The van der Waals surface area contributed by atoms with Crippen LogP contribution in [0.25, 0.3) is 5.65 Å². The van der Waals surface area contributed by atoms with Crippen molar-refractivity contribution < 1.29 is 9.13 Å². The molecule has 8 heteroatoms. The van der Waals surface area contributed by atoms with E-state index in [0.717, 1.165) is 13.0 Å². The van der Waals surface area contributed by atoms with Gasteiger partial charge in [0, 0.05) is 25.5 Å². The van der Waals surface area contributed by atoms with Gasteiger partial charge >= 0.3 is 5.69 Å². The quantitative estimate of drug-likeness (QED) is 0.522. The molecule has 0 aliphatic carbocycles. The minimum absolute atomic E-state index is 0.156. The van der Waals surface area contributed by atoms with Crippen LogP contribution in [0, 0.1) is 5.82 Å². The van der Waals surface area contributed by atoms with Crippen molar-refractivity contribution in [2.45, 2.75) is 19.5 Å². The van der Waals surface area contributed by atoms with Crippen molar-refractivity contribution in [3.05, 3.63) is 87.9 Å². The van der Waals surface area contributed by atoms with E-state index in [1.165, 1.54) is 33.4 Å². The maximum Gasteiger partial charge on any atom is 0.350 e. The average molecular weight is 405 g/mol. The predicted molar refractivity (Wildman–Crippen MR) is 110 cm³/mol. The Morgan fingerprint density at radius 2 is 2.00 bits per heavy atom. The fraction of sp³-hybridized carbons (Fsp3) is 0.227. The van der Waals surface area contributed by atoms with Crippen molar-refractivity contribution in [1.29, 1.82) is 0 Å². The van der Waals surface area contributed by atoms with E-state index in [1.807, 2.05) is 6.07 Å². The highest BCUT2D eigenvalue weighted by Gasteiger charge is 2.21. The Morgan fingerprint density at radius 3 is 2.80 bits per heavy atom. The minimum atomic E-state index is -0.471. The molecular weight excluding hydrogens is 385 g/mol. The zero-order chi connectivity index (χ0) is 20.7. The van der Waals surface area contributed by atoms with Crippen molar-refractivity contribution in [2.24, 2.45) is 0 Å². The third-order valence-corrected chi connectivity index (χ3v) is 5.46. The molecule has 2 aromatic heterocycles. The molecule has 0 unspecified atom stereocenters. The molecule has 3 heterocycles. The molecule has 1 aliphatic rings. The summed E-state index contributed by atoms with van der Waals surface area (Å²) in [5.74, 6) is 0.364. The Labute approximate surface area is 172 Å². The number of rotatable bonds is 4. The van der Waals surface area contributed by atoms with Gasteiger partial charge in [0.2, 0.25) is 5.65 Å². The monoisotopic (exact) mass is 405 g/mol. The van der Waals surface area contributed by atoms with E-state index in [2.05, 4.69) is 33.2 Å². The van der Waals surface area contributed by atoms with Crippen LogP contribution in [0.4, 0.5) is 10.2 Å². The van der Waals surface area contributed by atoms with Gasteiger partial charge in [0.05, 0.1) is 13.7 Å². The van der Waals surface area contributed by atoms with Crippen molar-refractivity contribution in [1.82, 2.24) is 19.2 Å². The van der Waals surface area contributed by atoms with Gasteiger partial charge in [-0.3, -0.25) is 0 Å². The molecule has 0 saturated heterocycles. The Morgan fingerprint density at radius 1 is 1.17 bits per heavy atom. The molecule has 2 aromatic carbocycles. The number of fused-ring (bicyclic) bond motifs is 2. The third kappa shape index (κ3) is 3.10. The average Bonchev–Trinajstić information content (AvgIpc) is 3.09. The van der Waals surface area contributed by atoms with E-state index in [-0.39, 0.29) is 18.0 Å².